The molecular weight excluding hydrogens is 247 g/mol. The lowest BCUT2D eigenvalue weighted by atomic mass is 10.0. The summed E-state index contributed by atoms with van der Waals surface area (Å²) in [4.78, 5) is 11.7. The maximum atomic E-state index is 12.9. The predicted molar refractivity (Wildman–Crippen MR) is 61.6 cm³/mol. The van der Waals surface area contributed by atoms with E-state index < -0.39 is 17.3 Å². The zero-order chi connectivity index (χ0) is 13.3. The Morgan fingerprint density at radius 1 is 1.44 bits per heavy atom. The molecule has 0 saturated carbocycles. The third-order valence-electron chi connectivity index (χ3n) is 2.97. The molecule has 0 aliphatic carbocycles. The first-order chi connectivity index (χ1) is 8.45. The van der Waals surface area contributed by atoms with Gasteiger partial charge in [-0.15, -0.1) is 0 Å². The summed E-state index contributed by atoms with van der Waals surface area (Å²) in [5.41, 5.74) is 3.95. The molecule has 0 atom stereocenters. The molecule has 2 heterocycles. The highest BCUT2D eigenvalue weighted by atomic mass is 19.4. The molecule has 4 nitrogen and oxygen atoms in total. The highest BCUT2D eigenvalue weighted by molar-refractivity contribution is 5.51. The molecule has 7 heteroatoms. The molecule has 0 bridgehead atoms. The van der Waals surface area contributed by atoms with E-state index in [1.54, 1.807) is 0 Å². The van der Waals surface area contributed by atoms with Gasteiger partial charge in [0.25, 0.3) is 5.56 Å². The fourth-order valence-corrected chi connectivity index (χ4v) is 2.21. The van der Waals surface area contributed by atoms with E-state index in [2.05, 4.69) is 5.32 Å². The Morgan fingerprint density at radius 2 is 2.17 bits per heavy atom. The van der Waals surface area contributed by atoms with Crippen LogP contribution in [0.15, 0.2) is 10.9 Å². The molecule has 3 N–H and O–H groups in total. The van der Waals surface area contributed by atoms with Crippen molar-refractivity contribution in [2.45, 2.75) is 25.6 Å². The molecule has 1 aromatic rings. The summed E-state index contributed by atoms with van der Waals surface area (Å²) in [6.07, 6.45) is -3.71. The summed E-state index contributed by atoms with van der Waals surface area (Å²) < 4.78 is 40.1. The first-order valence-electron chi connectivity index (χ1n) is 5.73. The molecule has 0 amide bonds. The molecule has 0 aromatic carbocycles. The molecule has 1 aliphatic rings. The summed E-state index contributed by atoms with van der Waals surface area (Å²) in [5.74, 6) is 0.270. The number of alkyl halides is 3. The Balaban J connectivity index is 2.67. The lowest BCUT2D eigenvalue weighted by Gasteiger charge is -2.25. The summed E-state index contributed by atoms with van der Waals surface area (Å²) in [7, 11) is 0. The lowest BCUT2D eigenvalue weighted by molar-refractivity contribution is -0.138. The maximum Gasteiger partial charge on any atom is 0.417 e. The summed E-state index contributed by atoms with van der Waals surface area (Å²) in [6, 6.07) is 0.668. The number of fused-ring (bicyclic) bond motifs is 1. The van der Waals surface area contributed by atoms with Crippen molar-refractivity contribution in [2.24, 2.45) is 5.73 Å². The highest BCUT2D eigenvalue weighted by Crippen LogP contribution is 2.34. The van der Waals surface area contributed by atoms with Crippen LogP contribution in [0, 0.1) is 0 Å². The number of nitrogens with one attached hydrogen (secondary N) is 1. The standard InChI is InChI=1S/C11H14F3N3O/c12-11(13,14)8-6-9(18)17-5-1-4-16-10(17)7(8)2-3-15/h6,16H,1-5,15H2. The van der Waals surface area contributed by atoms with E-state index in [0.29, 0.717) is 19.2 Å². The van der Waals surface area contributed by atoms with E-state index in [1.807, 2.05) is 0 Å². The van der Waals surface area contributed by atoms with E-state index in [4.69, 9.17) is 5.73 Å². The van der Waals surface area contributed by atoms with E-state index in [9.17, 15) is 18.0 Å². The van der Waals surface area contributed by atoms with E-state index >= 15 is 0 Å². The number of rotatable bonds is 2. The van der Waals surface area contributed by atoms with Gasteiger partial charge in [-0.2, -0.15) is 13.2 Å². The van der Waals surface area contributed by atoms with Gasteiger partial charge in [-0.25, -0.2) is 0 Å². The largest absolute Gasteiger partial charge is 0.417 e. The average molecular weight is 261 g/mol. The molecular formula is C11H14F3N3O. The summed E-state index contributed by atoms with van der Waals surface area (Å²) in [5, 5.41) is 2.88. The number of nitrogens with two attached hydrogens (primary N) is 1. The van der Waals surface area contributed by atoms with Gasteiger partial charge in [0.2, 0.25) is 0 Å². The third kappa shape index (κ3) is 2.22. The fourth-order valence-electron chi connectivity index (χ4n) is 2.21. The van der Waals surface area contributed by atoms with Gasteiger partial charge in [0.1, 0.15) is 5.82 Å². The van der Waals surface area contributed by atoms with E-state index in [0.717, 1.165) is 6.42 Å². The van der Waals surface area contributed by atoms with Crippen molar-refractivity contribution >= 4 is 5.82 Å². The van der Waals surface area contributed by atoms with Crippen molar-refractivity contribution in [3.8, 4) is 0 Å². The number of anilines is 1. The number of pyridine rings is 1. The van der Waals surface area contributed by atoms with Crippen LogP contribution in [0.25, 0.3) is 0 Å². The highest BCUT2D eigenvalue weighted by Gasteiger charge is 2.36. The lowest BCUT2D eigenvalue weighted by Crippen LogP contribution is -2.32. The molecule has 100 valence electrons. The Morgan fingerprint density at radius 3 is 2.78 bits per heavy atom. The number of hydrogen-bond donors (Lipinski definition) is 2. The molecule has 0 spiro atoms. The zero-order valence-corrected chi connectivity index (χ0v) is 9.68. The van der Waals surface area contributed by atoms with Gasteiger partial charge in [-0.1, -0.05) is 0 Å². The van der Waals surface area contributed by atoms with Gasteiger partial charge < -0.3 is 11.1 Å². The van der Waals surface area contributed by atoms with Gasteiger partial charge in [0.15, 0.2) is 0 Å². The van der Waals surface area contributed by atoms with E-state index in [1.165, 1.54) is 4.57 Å². The minimum absolute atomic E-state index is 0.0873. The minimum atomic E-state index is -4.53. The van der Waals surface area contributed by atoms with Crippen LogP contribution in [-0.2, 0) is 19.1 Å². The van der Waals surface area contributed by atoms with Crippen molar-refractivity contribution in [2.75, 3.05) is 18.4 Å². The fraction of sp³-hybridized carbons (Fsp3) is 0.545. The number of aromatic nitrogens is 1. The van der Waals surface area contributed by atoms with Crippen LogP contribution < -0.4 is 16.6 Å². The van der Waals surface area contributed by atoms with Crippen molar-refractivity contribution in [1.29, 1.82) is 0 Å². The summed E-state index contributed by atoms with van der Waals surface area (Å²) >= 11 is 0. The van der Waals surface area contributed by atoms with Crippen molar-refractivity contribution in [1.82, 2.24) is 4.57 Å². The van der Waals surface area contributed by atoms with Crippen molar-refractivity contribution in [3.63, 3.8) is 0 Å². The van der Waals surface area contributed by atoms with E-state index in [-0.39, 0.29) is 24.3 Å². The van der Waals surface area contributed by atoms with Crippen LogP contribution >= 0.6 is 0 Å². The second-order valence-corrected chi connectivity index (χ2v) is 4.19. The Bertz CT molecular complexity index is 507. The molecule has 0 unspecified atom stereocenters. The summed E-state index contributed by atoms with van der Waals surface area (Å²) in [6.45, 7) is 1.12. The van der Waals surface area contributed by atoms with Crippen LogP contribution in [-0.4, -0.2) is 17.7 Å². The van der Waals surface area contributed by atoms with Crippen LogP contribution in [0.5, 0.6) is 0 Å². The van der Waals surface area contributed by atoms with Crippen LogP contribution in [0.4, 0.5) is 19.0 Å². The Labute approximate surface area is 102 Å². The molecule has 2 rings (SSSR count). The van der Waals surface area contributed by atoms with Gasteiger partial charge in [0.05, 0.1) is 5.56 Å². The third-order valence-corrected chi connectivity index (χ3v) is 2.97. The second-order valence-electron chi connectivity index (χ2n) is 4.19. The Kier molecular flexibility index (Phi) is 3.34. The topological polar surface area (TPSA) is 60.1 Å². The zero-order valence-electron chi connectivity index (χ0n) is 9.68. The molecule has 1 aliphatic heterocycles. The first kappa shape index (κ1) is 12.9. The monoisotopic (exact) mass is 261 g/mol. The van der Waals surface area contributed by atoms with Crippen molar-refractivity contribution < 1.29 is 13.2 Å². The second kappa shape index (κ2) is 4.64. The van der Waals surface area contributed by atoms with Gasteiger partial charge in [0, 0.05) is 24.7 Å². The molecule has 0 fully saturated rings. The predicted octanol–water partition coefficient (Wildman–Crippen LogP) is 1.18. The normalized spacial score (nSPS) is 15.1. The van der Waals surface area contributed by atoms with Gasteiger partial charge in [-0.3, -0.25) is 9.36 Å². The first-order valence-corrected chi connectivity index (χ1v) is 5.73. The Hall–Kier alpha value is -1.50. The molecule has 1 aromatic heterocycles. The van der Waals surface area contributed by atoms with Crippen LogP contribution in [0.2, 0.25) is 0 Å². The molecule has 0 saturated heterocycles. The van der Waals surface area contributed by atoms with Gasteiger partial charge in [-0.05, 0) is 19.4 Å². The van der Waals surface area contributed by atoms with Crippen molar-refractivity contribution in [3.05, 3.63) is 27.5 Å². The molecule has 18 heavy (non-hydrogen) atoms. The maximum absolute atomic E-state index is 12.9. The quantitative estimate of drug-likeness (QED) is 0.840. The number of hydrogen-bond acceptors (Lipinski definition) is 3. The SMILES string of the molecule is NCCc1c(C(F)(F)F)cc(=O)n2c1NCCC2. The molecule has 0 radical (unpaired) electrons. The smallest absolute Gasteiger partial charge is 0.371 e. The number of nitrogens with zero attached hydrogens (tertiary/aromatic N) is 1. The van der Waals surface area contributed by atoms with Crippen LogP contribution in [0.1, 0.15) is 17.5 Å². The number of halogens is 3. The van der Waals surface area contributed by atoms with Crippen LogP contribution in [0.3, 0.4) is 0 Å². The average Bonchev–Trinajstić information content (AvgIpc) is 2.31. The minimum Gasteiger partial charge on any atom is -0.371 e. The van der Waals surface area contributed by atoms with Gasteiger partial charge >= 0.3 is 6.18 Å².